The molecule has 0 saturated heterocycles. The summed E-state index contributed by atoms with van der Waals surface area (Å²) < 4.78 is 0. The van der Waals surface area contributed by atoms with Gasteiger partial charge in [0.25, 0.3) is 5.69 Å². The van der Waals surface area contributed by atoms with Gasteiger partial charge in [-0.3, -0.25) is 25.7 Å². The van der Waals surface area contributed by atoms with Crippen LogP contribution in [0.2, 0.25) is 0 Å². The molecular formula is C15H17N5O4S. The third kappa shape index (κ3) is 4.57. The summed E-state index contributed by atoms with van der Waals surface area (Å²) in [7, 11) is 0. The van der Waals surface area contributed by atoms with Gasteiger partial charge in [0.05, 0.1) is 26.6 Å². The van der Waals surface area contributed by atoms with Crippen molar-refractivity contribution in [2.24, 2.45) is 5.10 Å². The number of hydrogen-bond acceptors (Lipinski definition) is 8. The smallest absolute Gasteiger partial charge is 0.272 e. The first-order valence-corrected chi connectivity index (χ1v) is 8.30. The van der Waals surface area contributed by atoms with Gasteiger partial charge in [-0.25, -0.2) is 4.98 Å². The Labute approximate surface area is 147 Å². The summed E-state index contributed by atoms with van der Waals surface area (Å²) in [4.78, 5) is 26.2. The number of thiazole rings is 1. The predicted octanol–water partition coefficient (Wildman–Crippen LogP) is 3.86. The lowest BCUT2D eigenvalue weighted by molar-refractivity contribution is -0.393. The number of aromatic nitrogens is 1. The van der Waals surface area contributed by atoms with Crippen LogP contribution in [-0.2, 0) is 12.8 Å². The topological polar surface area (TPSA) is 124 Å². The summed E-state index contributed by atoms with van der Waals surface area (Å²) in [6, 6.07) is 3.37. The summed E-state index contributed by atoms with van der Waals surface area (Å²) >= 11 is 1.60. The molecular weight excluding hydrogens is 346 g/mol. The largest absolute Gasteiger partial charge is 0.301 e. The van der Waals surface area contributed by atoms with Gasteiger partial charge in [-0.1, -0.05) is 6.92 Å². The van der Waals surface area contributed by atoms with Gasteiger partial charge in [-0.05, 0) is 26.3 Å². The molecule has 10 heteroatoms. The number of aryl methyl sites for hydroxylation is 2. The van der Waals surface area contributed by atoms with E-state index in [1.807, 2.05) is 13.8 Å². The highest BCUT2D eigenvalue weighted by Crippen LogP contribution is 2.29. The Balaban J connectivity index is 2.16. The highest BCUT2D eigenvalue weighted by Gasteiger charge is 2.19. The fraction of sp³-hybridized carbons (Fsp3) is 0.333. The fourth-order valence-corrected chi connectivity index (χ4v) is 3.28. The Bertz CT molecular complexity index is 846. The first-order chi connectivity index (χ1) is 11.8. The molecule has 2 aromatic rings. The highest BCUT2D eigenvalue weighted by atomic mass is 32.1. The zero-order chi connectivity index (χ0) is 18.6. The number of nitro benzene ring substituents is 2. The summed E-state index contributed by atoms with van der Waals surface area (Å²) in [5.41, 5.74) is 3.73. The summed E-state index contributed by atoms with van der Waals surface area (Å²) in [5.74, 6) is 0. The van der Waals surface area contributed by atoms with E-state index in [0.717, 1.165) is 23.2 Å². The van der Waals surface area contributed by atoms with Gasteiger partial charge in [0, 0.05) is 23.1 Å². The van der Waals surface area contributed by atoms with Crippen LogP contribution in [0.4, 0.5) is 17.1 Å². The third-order valence-electron chi connectivity index (χ3n) is 3.43. The summed E-state index contributed by atoms with van der Waals surface area (Å²) in [5, 5.41) is 26.9. The highest BCUT2D eigenvalue weighted by molar-refractivity contribution is 7.11. The van der Waals surface area contributed by atoms with Crippen LogP contribution in [0.1, 0.15) is 29.4 Å². The molecule has 9 nitrogen and oxygen atoms in total. The standard InChI is InChI=1S/C15H17N5O4S/c1-4-12-10(3)25-15(16-12)7-9(2)17-18-13-6-5-11(19(21)22)8-14(13)20(23)24/h5-6,8,18H,4,7H2,1-3H3/b17-9-. The number of rotatable bonds is 7. The van der Waals surface area contributed by atoms with E-state index < -0.39 is 15.5 Å². The molecule has 25 heavy (non-hydrogen) atoms. The molecule has 1 N–H and O–H groups in total. The molecule has 0 amide bonds. The van der Waals surface area contributed by atoms with Crippen molar-refractivity contribution in [1.82, 2.24) is 4.98 Å². The number of benzene rings is 1. The molecule has 0 atom stereocenters. The van der Waals surface area contributed by atoms with Crippen LogP contribution >= 0.6 is 11.3 Å². The van der Waals surface area contributed by atoms with Crippen molar-refractivity contribution >= 4 is 34.1 Å². The van der Waals surface area contributed by atoms with E-state index >= 15 is 0 Å². The Morgan fingerprint density at radius 1 is 1.32 bits per heavy atom. The van der Waals surface area contributed by atoms with Crippen LogP contribution in [-0.4, -0.2) is 20.5 Å². The van der Waals surface area contributed by atoms with Gasteiger partial charge < -0.3 is 0 Å². The lowest BCUT2D eigenvalue weighted by Crippen LogP contribution is -2.03. The maximum absolute atomic E-state index is 11.1. The molecule has 1 heterocycles. The molecule has 0 saturated carbocycles. The average Bonchev–Trinajstić information content (AvgIpc) is 2.91. The van der Waals surface area contributed by atoms with Crippen LogP contribution in [0, 0.1) is 27.2 Å². The van der Waals surface area contributed by atoms with E-state index in [2.05, 4.69) is 15.5 Å². The zero-order valence-electron chi connectivity index (χ0n) is 14.0. The van der Waals surface area contributed by atoms with E-state index in [9.17, 15) is 20.2 Å². The molecule has 132 valence electrons. The van der Waals surface area contributed by atoms with Crippen molar-refractivity contribution in [1.29, 1.82) is 0 Å². The second-order valence-corrected chi connectivity index (χ2v) is 6.60. The number of nitro groups is 2. The molecule has 0 bridgehead atoms. The van der Waals surface area contributed by atoms with Crippen LogP contribution in [0.5, 0.6) is 0 Å². The van der Waals surface area contributed by atoms with Gasteiger partial charge in [-0.15, -0.1) is 11.3 Å². The third-order valence-corrected chi connectivity index (χ3v) is 4.45. The lowest BCUT2D eigenvalue weighted by atomic mass is 10.2. The molecule has 0 fully saturated rings. The second-order valence-electron chi connectivity index (χ2n) is 5.32. The Kier molecular flexibility index (Phi) is 5.75. The molecule has 2 rings (SSSR count). The number of nitrogens with one attached hydrogen (secondary N) is 1. The number of hydrazone groups is 1. The van der Waals surface area contributed by atoms with Crippen molar-refractivity contribution in [3.05, 3.63) is 54.0 Å². The van der Waals surface area contributed by atoms with E-state index in [4.69, 9.17) is 0 Å². The molecule has 1 aromatic heterocycles. The van der Waals surface area contributed by atoms with Crippen molar-refractivity contribution in [2.45, 2.75) is 33.6 Å². The van der Waals surface area contributed by atoms with Crippen molar-refractivity contribution in [3.8, 4) is 0 Å². The normalized spacial score (nSPS) is 11.4. The van der Waals surface area contributed by atoms with Crippen molar-refractivity contribution < 1.29 is 9.85 Å². The van der Waals surface area contributed by atoms with Crippen LogP contribution in [0.3, 0.4) is 0 Å². The van der Waals surface area contributed by atoms with E-state index in [-0.39, 0.29) is 11.4 Å². The van der Waals surface area contributed by atoms with Gasteiger partial charge in [0.1, 0.15) is 5.69 Å². The predicted molar refractivity (Wildman–Crippen MR) is 96.4 cm³/mol. The minimum Gasteiger partial charge on any atom is -0.272 e. The maximum Gasteiger partial charge on any atom is 0.301 e. The molecule has 0 aliphatic carbocycles. The monoisotopic (exact) mass is 363 g/mol. The first kappa shape index (κ1) is 18.5. The Hall–Kier alpha value is -2.88. The molecule has 0 unspecified atom stereocenters. The lowest BCUT2D eigenvalue weighted by Gasteiger charge is -2.03. The maximum atomic E-state index is 11.1. The van der Waals surface area contributed by atoms with Crippen LogP contribution < -0.4 is 5.43 Å². The fourth-order valence-electron chi connectivity index (χ4n) is 2.18. The SMILES string of the molecule is CCc1nc(C/C(C)=N\Nc2ccc([N+](=O)[O-])cc2[N+](=O)[O-])sc1C. The number of nitrogens with zero attached hydrogens (tertiary/aromatic N) is 4. The Morgan fingerprint density at radius 3 is 2.60 bits per heavy atom. The second kappa shape index (κ2) is 7.79. The first-order valence-electron chi connectivity index (χ1n) is 7.49. The van der Waals surface area contributed by atoms with Gasteiger partial charge in [0.15, 0.2) is 0 Å². The number of anilines is 1. The van der Waals surface area contributed by atoms with Gasteiger partial charge in [0.2, 0.25) is 0 Å². The van der Waals surface area contributed by atoms with Gasteiger partial charge >= 0.3 is 5.69 Å². The minimum atomic E-state index is -0.683. The zero-order valence-corrected chi connectivity index (χ0v) is 14.8. The average molecular weight is 363 g/mol. The Morgan fingerprint density at radius 2 is 2.04 bits per heavy atom. The van der Waals surface area contributed by atoms with Crippen LogP contribution in [0.15, 0.2) is 23.3 Å². The molecule has 1 aromatic carbocycles. The molecule has 0 aliphatic heterocycles. The summed E-state index contributed by atoms with van der Waals surface area (Å²) in [6.07, 6.45) is 1.39. The van der Waals surface area contributed by atoms with Gasteiger partial charge in [-0.2, -0.15) is 5.10 Å². The molecule has 0 spiro atoms. The number of hydrogen-bond donors (Lipinski definition) is 1. The number of non-ortho nitro benzene ring substituents is 1. The van der Waals surface area contributed by atoms with Crippen molar-refractivity contribution in [3.63, 3.8) is 0 Å². The quantitative estimate of drug-likeness (QED) is 0.452. The van der Waals surface area contributed by atoms with Crippen LogP contribution in [0.25, 0.3) is 0 Å². The van der Waals surface area contributed by atoms with E-state index in [1.165, 1.54) is 17.0 Å². The minimum absolute atomic E-state index is 0.0968. The summed E-state index contributed by atoms with van der Waals surface area (Å²) in [6.45, 7) is 5.85. The van der Waals surface area contributed by atoms with E-state index in [1.54, 1.807) is 18.3 Å². The molecule has 0 aliphatic rings. The van der Waals surface area contributed by atoms with E-state index in [0.29, 0.717) is 12.1 Å². The van der Waals surface area contributed by atoms with Crippen molar-refractivity contribution in [2.75, 3.05) is 5.43 Å². The molecule has 0 radical (unpaired) electrons.